The van der Waals surface area contributed by atoms with Gasteiger partial charge >= 0.3 is 0 Å². The average molecular weight is 503 g/mol. The number of aromatic nitrogens is 2. The molecule has 2 amide bonds. The zero-order valence-corrected chi connectivity index (χ0v) is 20.1. The molecule has 0 saturated heterocycles. The van der Waals surface area contributed by atoms with Gasteiger partial charge in [-0.25, -0.2) is 4.98 Å². The van der Waals surface area contributed by atoms with E-state index in [1.165, 1.54) is 13.2 Å². The van der Waals surface area contributed by atoms with Crippen LogP contribution in [0.15, 0.2) is 58.5 Å². The number of amides is 2. The molecule has 1 aromatic heterocycles. The van der Waals surface area contributed by atoms with Crippen LogP contribution in [-0.2, 0) is 22.6 Å². The molecule has 3 aromatic rings. The number of aromatic amines is 1. The molecule has 0 aliphatic heterocycles. The third kappa shape index (κ3) is 7.53. The zero-order chi connectivity index (χ0) is 24.5. The molecule has 0 aliphatic carbocycles. The fourth-order valence-electron chi connectivity index (χ4n) is 2.95. The fraction of sp³-hybridized carbons (Fsp3) is 0.217. The van der Waals surface area contributed by atoms with E-state index in [2.05, 4.69) is 20.6 Å². The Labute approximate surface area is 205 Å². The molecular weight excluding hydrogens is 480 g/mol. The van der Waals surface area contributed by atoms with Crippen LogP contribution >= 0.6 is 23.4 Å². The second-order valence-electron chi connectivity index (χ2n) is 7.03. The maximum atomic E-state index is 12.4. The van der Waals surface area contributed by atoms with Gasteiger partial charge in [-0.15, -0.1) is 0 Å². The summed E-state index contributed by atoms with van der Waals surface area (Å²) in [6.45, 7) is 0.313. The van der Waals surface area contributed by atoms with Crippen molar-refractivity contribution in [1.82, 2.24) is 15.3 Å². The minimum atomic E-state index is -0.412. The maximum absolute atomic E-state index is 12.4. The van der Waals surface area contributed by atoms with Crippen LogP contribution in [0.3, 0.4) is 0 Å². The molecule has 3 rings (SSSR count). The highest BCUT2D eigenvalue weighted by molar-refractivity contribution is 7.99. The molecule has 0 unspecified atom stereocenters. The number of anilines is 1. The molecule has 0 spiro atoms. The van der Waals surface area contributed by atoms with E-state index in [1.807, 2.05) is 24.3 Å². The van der Waals surface area contributed by atoms with E-state index in [-0.39, 0.29) is 29.1 Å². The molecule has 0 aliphatic rings. The molecular formula is C23H23ClN4O5S. The number of thioether (sulfide) groups is 1. The van der Waals surface area contributed by atoms with Crippen molar-refractivity contribution < 1.29 is 19.1 Å². The lowest BCUT2D eigenvalue weighted by atomic mass is 10.2. The van der Waals surface area contributed by atoms with Crippen LogP contribution < -0.4 is 25.7 Å². The Morgan fingerprint density at radius 2 is 1.91 bits per heavy atom. The minimum Gasteiger partial charge on any atom is -0.497 e. The first-order chi connectivity index (χ1) is 16.4. The van der Waals surface area contributed by atoms with Gasteiger partial charge in [-0.05, 0) is 35.9 Å². The number of rotatable bonds is 10. The van der Waals surface area contributed by atoms with E-state index in [4.69, 9.17) is 21.1 Å². The summed E-state index contributed by atoms with van der Waals surface area (Å²) >= 11 is 7.01. The van der Waals surface area contributed by atoms with Crippen LogP contribution in [0.2, 0.25) is 5.02 Å². The topological polar surface area (TPSA) is 122 Å². The Morgan fingerprint density at radius 3 is 2.68 bits per heavy atom. The monoisotopic (exact) mass is 502 g/mol. The van der Waals surface area contributed by atoms with Gasteiger partial charge in [0.1, 0.15) is 11.5 Å². The lowest BCUT2D eigenvalue weighted by Crippen LogP contribution is -2.26. The normalized spacial score (nSPS) is 10.4. The highest BCUT2D eigenvalue weighted by Crippen LogP contribution is 2.28. The van der Waals surface area contributed by atoms with Crippen LogP contribution in [0.1, 0.15) is 11.3 Å². The second kappa shape index (κ2) is 12.1. The van der Waals surface area contributed by atoms with Crippen LogP contribution in [-0.4, -0.2) is 41.8 Å². The summed E-state index contributed by atoms with van der Waals surface area (Å²) in [4.78, 5) is 43.6. The number of carbonyl (C=O) groups excluding carboxylic acids is 2. The van der Waals surface area contributed by atoms with E-state index in [0.29, 0.717) is 34.4 Å². The lowest BCUT2D eigenvalue weighted by molar-refractivity contribution is -0.120. The van der Waals surface area contributed by atoms with E-state index in [1.54, 1.807) is 25.3 Å². The summed E-state index contributed by atoms with van der Waals surface area (Å²) in [6.07, 6.45) is -0.0760. The third-order valence-electron chi connectivity index (χ3n) is 4.51. The highest BCUT2D eigenvalue weighted by Gasteiger charge is 2.12. The van der Waals surface area contributed by atoms with Gasteiger partial charge in [0.15, 0.2) is 5.16 Å². The SMILES string of the molecule is COc1cccc(CNC(=O)Cc2cc(=O)[nH]c(SCC(=O)Nc3cc(Cl)ccc3OC)n2)c1. The molecule has 3 N–H and O–H groups in total. The second-order valence-corrected chi connectivity index (χ2v) is 8.43. The molecule has 0 bridgehead atoms. The first kappa shape index (κ1) is 25.1. The van der Waals surface area contributed by atoms with Crippen LogP contribution in [0, 0.1) is 0 Å². The zero-order valence-electron chi connectivity index (χ0n) is 18.5. The number of nitrogens with zero attached hydrogens (tertiary/aromatic N) is 1. The summed E-state index contributed by atoms with van der Waals surface area (Å²) in [6, 6.07) is 13.5. The smallest absolute Gasteiger partial charge is 0.251 e. The van der Waals surface area contributed by atoms with E-state index in [0.717, 1.165) is 17.3 Å². The fourth-order valence-corrected chi connectivity index (χ4v) is 3.82. The number of ether oxygens (including phenoxy) is 2. The Hall–Kier alpha value is -3.50. The first-order valence-corrected chi connectivity index (χ1v) is 11.5. The summed E-state index contributed by atoms with van der Waals surface area (Å²) in [5, 5.41) is 6.19. The predicted molar refractivity (Wildman–Crippen MR) is 131 cm³/mol. The van der Waals surface area contributed by atoms with Crippen molar-refractivity contribution in [2.45, 2.75) is 18.1 Å². The van der Waals surface area contributed by atoms with Gasteiger partial charge in [0, 0.05) is 17.6 Å². The summed E-state index contributed by atoms with van der Waals surface area (Å²) in [5.41, 5.74) is 1.20. The largest absolute Gasteiger partial charge is 0.497 e. The van der Waals surface area contributed by atoms with Crippen molar-refractivity contribution >= 4 is 40.9 Å². The lowest BCUT2D eigenvalue weighted by Gasteiger charge is -2.10. The van der Waals surface area contributed by atoms with Crippen molar-refractivity contribution in [2.75, 3.05) is 25.3 Å². The molecule has 178 valence electrons. The number of hydrogen-bond donors (Lipinski definition) is 3. The molecule has 34 heavy (non-hydrogen) atoms. The van der Waals surface area contributed by atoms with Crippen molar-refractivity contribution in [3.8, 4) is 11.5 Å². The first-order valence-electron chi connectivity index (χ1n) is 10.1. The summed E-state index contributed by atoms with van der Waals surface area (Å²) in [5.74, 6) is 0.514. The van der Waals surface area contributed by atoms with Crippen LogP contribution in [0.5, 0.6) is 11.5 Å². The molecule has 11 heteroatoms. The molecule has 9 nitrogen and oxygen atoms in total. The van der Waals surface area contributed by atoms with Gasteiger partial charge in [-0.3, -0.25) is 14.4 Å². The van der Waals surface area contributed by atoms with Gasteiger partial charge in [0.05, 0.1) is 37.8 Å². The molecule has 1 heterocycles. The molecule has 0 radical (unpaired) electrons. The molecule has 2 aromatic carbocycles. The minimum absolute atomic E-state index is 0.0237. The van der Waals surface area contributed by atoms with Crippen molar-refractivity contribution in [2.24, 2.45) is 0 Å². The van der Waals surface area contributed by atoms with Crippen molar-refractivity contribution in [3.63, 3.8) is 0 Å². The predicted octanol–water partition coefficient (Wildman–Crippen LogP) is 3.03. The van der Waals surface area contributed by atoms with Crippen molar-refractivity contribution in [3.05, 3.63) is 75.2 Å². The summed E-state index contributed by atoms with van der Waals surface area (Å²) in [7, 11) is 3.06. The van der Waals surface area contributed by atoms with Crippen LogP contribution in [0.25, 0.3) is 0 Å². The number of halogens is 1. The van der Waals surface area contributed by atoms with E-state index in [9.17, 15) is 14.4 Å². The third-order valence-corrected chi connectivity index (χ3v) is 5.62. The maximum Gasteiger partial charge on any atom is 0.251 e. The Kier molecular flexibility index (Phi) is 8.94. The molecule has 0 fully saturated rings. The van der Waals surface area contributed by atoms with Crippen molar-refractivity contribution in [1.29, 1.82) is 0 Å². The molecule has 0 saturated carbocycles. The van der Waals surface area contributed by atoms with Gasteiger partial charge in [-0.1, -0.05) is 35.5 Å². The number of methoxy groups -OCH3 is 2. The standard InChI is InChI=1S/C23H23ClN4O5S/c1-32-17-5-3-4-14(8-17)12-25-20(29)10-16-11-21(30)28-23(26-16)34-13-22(31)27-18-9-15(24)6-7-19(18)33-2/h3-9,11H,10,12-13H2,1-2H3,(H,25,29)(H,27,31)(H,26,28,30). The van der Waals surface area contributed by atoms with Gasteiger partial charge in [0.2, 0.25) is 11.8 Å². The summed E-state index contributed by atoms with van der Waals surface area (Å²) < 4.78 is 10.4. The van der Waals surface area contributed by atoms with Gasteiger partial charge in [-0.2, -0.15) is 0 Å². The number of nitrogens with one attached hydrogen (secondary N) is 3. The van der Waals surface area contributed by atoms with E-state index < -0.39 is 5.56 Å². The van der Waals surface area contributed by atoms with Crippen LogP contribution in [0.4, 0.5) is 5.69 Å². The Morgan fingerprint density at radius 1 is 1.09 bits per heavy atom. The Balaban J connectivity index is 1.56. The average Bonchev–Trinajstić information content (AvgIpc) is 2.81. The number of benzene rings is 2. The Bertz CT molecular complexity index is 1230. The molecule has 0 atom stereocenters. The number of H-pyrrole nitrogens is 1. The number of hydrogen-bond acceptors (Lipinski definition) is 7. The van der Waals surface area contributed by atoms with Gasteiger partial charge < -0.3 is 25.1 Å². The quantitative estimate of drug-likeness (QED) is 0.287. The number of carbonyl (C=O) groups is 2. The van der Waals surface area contributed by atoms with Gasteiger partial charge in [0.25, 0.3) is 5.56 Å². The highest BCUT2D eigenvalue weighted by atomic mass is 35.5. The van der Waals surface area contributed by atoms with E-state index >= 15 is 0 Å².